The molecular weight excluding hydrogens is 216 g/mol. The maximum atomic E-state index is 5.81. The summed E-state index contributed by atoms with van der Waals surface area (Å²) in [5.74, 6) is 0.684. The molecule has 1 fully saturated rings. The molecular formula is C13H22N2S. The molecule has 0 radical (unpaired) electrons. The van der Waals surface area contributed by atoms with E-state index in [4.69, 9.17) is 5.73 Å². The minimum Gasteiger partial charge on any atom is -0.330 e. The Morgan fingerprint density at radius 2 is 2.31 bits per heavy atom. The summed E-state index contributed by atoms with van der Waals surface area (Å²) in [5, 5.41) is 3.74. The van der Waals surface area contributed by atoms with Crippen molar-refractivity contribution in [1.29, 1.82) is 0 Å². The van der Waals surface area contributed by atoms with Crippen molar-refractivity contribution in [3.63, 3.8) is 0 Å². The highest BCUT2D eigenvalue weighted by Gasteiger charge is 2.27. The van der Waals surface area contributed by atoms with E-state index in [2.05, 4.69) is 31.3 Å². The van der Waals surface area contributed by atoms with Crippen LogP contribution in [0.2, 0.25) is 0 Å². The second-order valence-corrected chi connectivity index (χ2v) is 6.19. The van der Waals surface area contributed by atoms with Crippen LogP contribution in [0.3, 0.4) is 0 Å². The maximum Gasteiger partial charge on any atom is 0.0388 e. The molecule has 3 atom stereocenters. The van der Waals surface area contributed by atoms with Gasteiger partial charge >= 0.3 is 0 Å². The number of nitrogens with one attached hydrogen (secondary N) is 1. The molecule has 0 bridgehead atoms. The molecule has 1 aliphatic carbocycles. The first kappa shape index (κ1) is 12.1. The van der Waals surface area contributed by atoms with Crippen molar-refractivity contribution < 1.29 is 0 Å². The van der Waals surface area contributed by atoms with Gasteiger partial charge in [-0.1, -0.05) is 6.42 Å². The molecule has 0 amide bonds. The number of hydrogen-bond donors (Lipinski definition) is 2. The van der Waals surface area contributed by atoms with Crippen LogP contribution in [-0.4, -0.2) is 12.6 Å². The average Bonchev–Trinajstić information content (AvgIpc) is 2.86. The van der Waals surface area contributed by atoms with Gasteiger partial charge in [0, 0.05) is 21.8 Å². The first-order valence-electron chi connectivity index (χ1n) is 6.23. The lowest BCUT2D eigenvalue weighted by Gasteiger charge is -2.23. The molecule has 1 aromatic rings. The number of aryl methyl sites for hydroxylation is 1. The molecule has 90 valence electrons. The number of thiophene rings is 1. The fourth-order valence-electron chi connectivity index (χ4n) is 2.63. The van der Waals surface area contributed by atoms with Gasteiger partial charge in [0.2, 0.25) is 0 Å². The van der Waals surface area contributed by atoms with E-state index in [9.17, 15) is 0 Å². The molecule has 0 saturated heterocycles. The van der Waals surface area contributed by atoms with E-state index >= 15 is 0 Å². The van der Waals surface area contributed by atoms with E-state index in [1.807, 2.05) is 11.3 Å². The van der Waals surface area contributed by atoms with Crippen molar-refractivity contribution in [2.75, 3.05) is 6.54 Å². The second kappa shape index (κ2) is 5.30. The fourth-order valence-corrected chi connectivity index (χ4v) is 3.52. The number of nitrogens with two attached hydrogens (primary N) is 1. The maximum absolute atomic E-state index is 5.81. The predicted octanol–water partition coefficient (Wildman–Crippen LogP) is 2.83. The fraction of sp³-hybridized carbons (Fsp3) is 0.692. The van der Waals surface area contributed by atoms with Gasteiger partial charge in [0.1, 0.15) is 0 Å². The minimum absolute atomic E-state index is 0.468. The van der Waals surface area contributed by atoms with Gasteiger partial charge in [-0.2, -0.15) is 0 Å². The van der Waals surface area contributed by atoms with Crippen LogP contribution in [0.5, 0.6) is 0 Å². The Morgan fingerprint density at radius 3 is 2.94 bits per heavy atom. The molecule has 1 saturated carbocycles. The lowest BCUT2D eigenvalue weighted by Crippen LogP contribution is -2.37. The molecule has 2 nitrogen and oxygen atoms in total. The van der Waals surface area contributed by atoms with Crippen LogP contribution in [-0.2, 0) is 0 Å². The monoisotopic (exact) mass is 238 g/mol. The van der Waals surface area contributed by atoms with E-state index in [0.717, 1.165) is 6.54 Å². The van der Waals surface area contributed by atoms with Gasteiger partial charge in [0.25, 0.3) is 0 Å². The van der Waals surface area contributed by atoms with Gasteiger partial charge in [-0.25, -0.2) is 0 Å². The Bertz CT molecular complexity index is 334. The van der Waals surface area contributed by atoms with Crippen LogP contribution in [0, 0.1) is 12.8 Å². The summed E-state index contributed by atoms with van der Waals surface area (Å²) < 4.78 is 0. The lowest BCUT2D eigenvalue weighted by atomic mass is 10.0. The van der Waals surface area contributed by atoms with Crippen molar-refractivity contribution in [3.8, 4) is 0 Å². The standard InChI is InChI=1S/C13H22N2S/c1-9-6-7-13(16-9)10(2)15-12-5-3-4-11(12)8-14/h6-7,10-12,15H,3-5,8,14H2,1-2H3. The lowest BCUT2D eigenvalue weighted by molar-refractivity contribution is 0.376. The van der Waals surface area contributed by atoms with Crippen LogP contribution < -0.4 is 11.1 Å². The van der Waals surface area contributed by atoms with Crippen molar-refractivity contribution in [2.45, 2.75) is 45.2 Å². The van der Waals surface area contributed by atoms with Gasteiger partial charge in [0.05, 0.1) is 0 Å². The first-order valence-corrected chi connectivity index (χ1v) is 7.05. The number of hydrogen-bond acceptors (Lipinski definition) is 3. The second-order valence-electron chi connectivity index (χ2n) is 4.87. The summed E-state index contributed by atoms with van der Waals surface area (Å²) in [6, 6.07) is 5.54. The third kappa shape index (κ3) is 2.65. The Labute approximate surface area is 102 Å². The number of rotatable bonds is 4. The molecule has 1 aliphatic rings. The summed E-state index contributed by atoms with van der Waals surface area (Å²) in [5.41, 5.74) is 5.81. The van der Waals surface area contributed by atoms with E-state index in [0.29, 0.717) is 18.0 Å². The summed E-state index contributed by atoms with van der Waals surface area (Å²) in [4.78, 5) is 2.84. The minimum atomic E-state index is 0.468. The molecule has 0 aliphatic heterocycles. The van der Waals surface area contributed by atoms with Gasteiger partial charge in [-0.3, -0.25) is 0 Å². The summed E-state index contributed by atoms with van der Waals surface area (Å²) in [6.45, 7) is 5.25. The molecule has 0 spiro atoms. The Morgan fingerprint density at radius 1 is 1.50 bits per heavy atom. The highest BCUT2D eigenvalue weighted by Crippen LogP contribution is 2.29. The van der Waals surface area contributed by atoms with Crippen LogP contribution in [0.4, 0.5) is 0 Å². The molecule has 2 rings (SSSR count). The average molecular weight is 238 g/mol. The van der Waals surface area contributed by atoms with Gasteiger partial charge in [-0.15, -0.1) is 11.3 Å². The van der Waals surface area contributed by atoms with Crippen molar-refractivity contribution in [1.82, 2.24) is 5.32 Å². The van der Waals surface area contributed by atoms with Crippen LogP contribution in [0.15, 0.2) is 12.1 Å². The molecule has 16 heavy (non-hydrogen) atoms. The summed E-state index contributed by atoms with van der Waals surface area (Å²) in [7, 11) is 0. The first-order chi connectivity index (χ1) is 7.70. The zero-order valence-corrected chi connectivity index (χ0v) is 11.0. The van der Waals surface area contributed by atoms with Crippen molar-refractivity contribution in [3.05, 3.63) is 21.9 Å². The quantitative estimate of drug-likeness (QED) is 0.846. The molecule has 1 aromatic heterocycles. The topological polar surface area (TPSA) is 38.0 Å². The highest BCUT2D eigenvalue weighted by atomic mass is 32.1. The molecule has 1 heterocycles. The molecule has 3 heteroatoms. The Hall–Kier alpha value is -0.380. The van der Waals surface area contributed by atoms with E-state index < -0.39 is 0 Å². The van der Waals surface area contributed by atoms with Crippen molar-refractivity contribution in [2.24, 2.45) is 11.7 Å². The Kier molecular flexibility index (Phi) is 4.00. The van der Waals surface area contributed by atoms with E-state index in [1.54, 1.807) is 0 Å². The summed E-state index contributed by atoms with van der Waals surface area (Å²) in [6.07, 6.45) is 3.91. The van der Waals surface area contributed by atoms with Crippen LogP contribution >= 0.6 is 11.3 Å². The van der Waals surface area contributed by atoms with E-state index in [1.165, 1.54) is 29.0 Å². The zero-order chi connectivity index (χ0) is 11.5. The highest BCUT2D eigenvalue weighted by molar-refractivity contribution is 7.12. The van der Waals surface area contributed by atoms with Crippen molar-refractivity contribution >= 4 is 11.3 Å². The zero-order valence-electron chi connectivity index (χ0n) is 10.2. The Balaban J connectivity index is 1.94. The van der Waals surface area contributed by atoms with Gasteiger partial charge in [0.15, 0.2) is 0 Å². The third-order valence-corrected chi connectivity index (χ3v) is 4.80. The molecule has 0 aromatic carbocycles. The smallest absolute Gasteiger partial charge is 0.0388 e. The summed E-state index contributed by atoms with van der Waals surface area (Å²) >= 11 is 1.89. The molecule has 3 N–H and O–H groups in total. The van der Waals surface area contributed by atoms with Gasteiger partial charge < -0.3 is 11.1 Å². The third-order valence-electron chi connectivity index (χ3n) is 3.61. The van der Waals surface area contributed by atoms with E-state index in [-0.39, 0.29) is 0 Å². The molecule has 3 unspecified atom stereocenters. The van der Waals surface area contributed by atoms with Gasteiger partial charge in [-0.05, 0) is 51.3 Å². The van der Waals surface area contributed by atoms with Crippen LogP contribution in [0.1, 0.15) is 42.0 Å². The van der Waals surface area contributed by atoms with Crippen LogP contribution in [0.25, 0.3) is 0 Å². The SMILES string of the molecule is Cc1ccc(C(C)NC2CCCC2CN)s1. The predicted molar refractivity (Wildman–Crippen MR) is 70.8 cm³/mol. The largest absolute Gasteiger partial charge is 0.330 e. The normalized spacial score (nSPS) is 27.2.